The molecule has 0 aliphatic carbocycles. The molecular formula is C24H30FN7O3. The summed E-state index contributed by atoms with van der Waals surface area (Å²) in [6, 6.07) is 5.11. The molecule has 2 aromatic heterocycles. The summed E-state index contributed by atoms with van der Waals surface area (Å²) in [4.78, 5) is 36.9. The molecule has 0 spiro atoms. The fourth-order valence-electron chi connectivity index (χ4n) is 4.66. The van der Waals surface area contributed by atoms with Crippen LogP contribution in [-0.4, -0.2) is 77.1 Å². The van der Waals surface area contributed by atoms with Crippen LogP contribution in [0.3, 0.4) is 0 Å². The van der Waals surface area contributed by atoms with Crippen molar-refractivity contribution in [3.63, 3.8) is 0 Å². The first kappa shape index (κ1) is 23.4. The minimum Gasteiger partial charge on any atom is -0.463 e. The van der Waals surface area contributed by atoms with Crippen molar-refractivity contribution in [1.82, 2.24) is 25.3 Å². The highest BCUT2D eigenvalue weighted by atomic mass is 19.1. The van der Waals surface area contributed by atoms with Crippen LogP contribution >= 0.6 is 0 Å². The molecule has 1 atom stereocenters. The van der Waals surface area contributed by atoms with Crippen LogP contribution in [0.15, 0.2) is 24.4 Å². The van der Waals surface area contributed by atoms with E-state index >= 15 is 0 Å². The molecule has 5 rings (SSSR count). The number of amides is 2. The van der Waals surface area contributed by atoms with Gasteiger partial charge in [0.05, 0.1) is 5.69 Å². The van der Waals surface area contributed by atoms with Gasteiger partial charge in [-0.15, -0.1) is 0 Å². The predicted molar refractivity (Wildman–Crippen MR) is 128 cm³/mol. The van der Waals surface area contributed by atoms with Gasteiger partial charge in [-0.3, -0.25) is 19.9 Å². The van der Waals surface area contributed by atoms with Crippen LogP contribution in [0.2, 0.25) is 0 Å². The molecule has 3 aliphatic heterocycles. The number of carbonyl (C=O) groups excluding carboxylic acids is 2. The highest BCUT2D eigenvalue weighted by molar-refractivity contribution is 5.97. The molecule has 2 fully saturated rings. The van der Waals surface area contributed by atoms with Gasteiger partial charge >= 0.3 is 0 Å². The lowest BCUT2D eigenvalue weighted by atomic mass is 10.1. The SMILES string of the molecule is CCC1Oc2ncc(CN3CCN(c4ccc(C(=O)NN5CCCC5)nc4F)CC3)cc2NC1=O. The summed E-state index contributed by atoms with van der Waals surface area (Å²) in [7, 11) is 0. The fourth-order valence-corrected chi connectivity index (χ4v) is 4.66. The maximum atomic E-state index is 14.8. The van der Waals surface area contributed by atoms with Crippen LogP contribution in [0.5, 0.6) is 5.88 Å². The van der Waals surface area contributed by atoms with E-state index in [9.17, 15) is 14.0 Å². The van der Waals surface area contributed by atoms with E-state index in [0.29, 0.717) is 43.3 Å². The molecule has 0 bridgehead atoms. The topological polar surface area (TPSA) is 103 Å². The average molecular weight is 484 g/mol. The average Bonchev–Trinajstić information content (AvgIpc) is 3.37. The Morgan fingerprint density at radius 2 is 1.97 bits per heavy atom. The first-order chi connectivity index (χ1) is 17.0. The first-order valence-corrected chi connectivity index (χ1v) is 12.2. The third-order valence-electron chi connectivity index (χ3n) is 6.63. The van der Waals surface area contributed by atoms with Crippen molar-refractivity contribution in [2.24, 2.45) is 0 Å². The van der Waals surface area contributed by atoms with E-state index in [1.165, 1.54) is 0 Å². The zero-order chi connectivity index (χ0) is 24.4. The van der Waals surface area contributed by atoms with E-state index < -0.39 is 12.1 Å². The van der Waals surface area contributed by atoms with Crippen molar-refractivity contribution in [1.29, 1.82) is 0 Å². The molecule has 0 saturated carbocycles. The standard InChI is InChI=1S/C24H30FN7O3/c1-2-20-23(34)28-18-13-16(14-26-24(18)35-20)15-30-9-11-31(12-10-30)19-6-5-17(27-21(19)25)22(33)29-32-7-3-4-8-32/h5-6,13-14,20H,2-4,7-12,15H2,1H3,(H,28,34)(H,29,33). The highest BCUT2D eigenvalue weighted by Gasteiger charge is 2.28. The maximum absolute atomic E-state index is 14.8. The number of pyridine rings is 2. The number of anilines is 2. The minimum atomic E-state index is -0.632. The van der Waals surface area contributed by atoms with Crippen molar-refractivity contribution < 1.29 is 18.7 Å². The van der Waals surface area contributed by atoms with E-state index in [-0.39, 0.29) is 17.5 Å². The van der Waals surface area contributed by atoms with Gasteiger partial charge in [-0.2, -0.15) is 4.39 Å². The molecule has 2 N–H and O–H groups in total. The lowest BCUT2D eigenvalue weighted by Crippen LogP contribution is -2.46. The van der Waals surface area contributed by atoms with Crippen molar-refractivity contribution in [3.8, 4) is 5.88 Å². The van der Waals surface area contributed by atoms with Crippen molar-refractivity contribution in [2.45, 2.75) is 38.8 Å². The third-order valence-corrected chi connectivity index (χ3v) is 6.63. The number of nitrogens with zero attached hydrogens (tertiary/aromatic N) is 5. The molecule has 2 saturated heterocycles. The molecule has 10 nitrogen and oxygen atoms in total. The number of ether oxygens (including phenoxy) is 1. The molecule has 0 aromatic carbocycles. The second-order valence-electron chi connectivity index (χ2n) is 9.10. The van der Waals surface area contributed by atoms with Crippen LogP contribution in [-0.2, 0) is 11.3 Å². The molecule has 11 heteroatoms. The number of hydrazine groups is 1. The maximum Gasteiger partial charge on any atom is 0.284 e. The van der Waals surface area contributed by atoms with Gasteiger partial charge in [0, 0.05) is 52.0 Å². The Kier molecular flexibility index (Phi) is 6.78. The number of rotatable bonds is 6. The molecule has 3 aliphatic rings. The predicted octanol–water partition coefficient (Wildman–Crippen LogP) is 1.79. The number of hydrogen-bond donors (Lipinski definition) is 2. The number of hydrogen-bond acceptors (Lipinski definition) is 8. The normalized spacial score (nSPS) is 20.8. The van der Waals surface area contributed by atoms with Gasteiger partial charge in [-0.05, 0) is 43.0 Å². The molecule has 5 heterocycles. The number of nitrogens with one attached hydrogen (secondary N) is 2. The lowest BCUT2D eigenvalue weighted by Gasteiger charge is -2.36. The lowest BCUT2D eigenvalue weighted by molar-refractivity contribution is -0.123. The van der Waals surface area contributed by atoms with Gasteiger partial charge in [0.15, 0.2) is 6.10 Å². The fraction of sp³-hybridized carbons (Fsp3) is 0.500. The van der Waals surface area contributed by atoms with Crippen LogP contribution in [0.25, 0.3) is 0 Å². The number of piperazine rings is 1. The van der Waals surface area contributed by atoms with E-state index in [0.717, 1.165) is 44.6 Å². The van der Waals surface area contributed by atoms with Gasteiger partial charge < -0.3 is 15.0 Å². The van der Waals surface area contributed by atoms with Gasteiger partial charge in [-0.25, -0.2) is 15.0 Å². The summed E-state index contributed by atoms with van der Waals surface area (Å²) in [6.07, 6.45) is 3.94. The van der Waals surface area contributed by atoms with Crippen molar-refractivity contribution in [2.75, 3.05) is 49.5 Å². The molecule has 186 valence electrons. The van der Waals surface area contributed by atoms with Gasteiger partial charge in [-0.1, -0.05) is 6.92 Å². The zero-order valence-electron chi connectivity index (χ0n) is 19.8. The first-order valence-electron chi connectivity index (χ1n) is 12.2. The molecule has 0 radical (unpaired) electrons. The van der Waals surface area contributed by atoms with Gasteiger partial charge in [0.1, 0.15) is 11.4 Å². The Balaban J connectivity index is 1.16. The molecule has 35 heavy (non-hydrogen) atoms. The Hall–Kier alpha value is -3.31. The molecule has 2 amide bonds. The number of halogens is 1. The molecular weight excluding hydrogens is 453 g/mol. The zero-order valence-corrected chi connectivity index (χ0v) is 19.8. The smallest absolute Gasteiger partial charge is 0.284 e. The number of carbonyl (C=O) groups is 2. The quantitative estimate of drug-likeness (QED) is 0.600. The van der Waals surface area contributed by atoms with Crippen molar-refractivity contribution in [3.05, 3.63) is 41.6 Å². The van der Waals surface area contributed by atoms with Crippen LogP contribution in [0.4, 0.5) is 15.8 Å². The van der Waals surface area contributed by atoms with Crippen LogP contribution in [0, 0.1) is 5.95 Å². The summed E-state index contributed by atoms with van der Waals surface area (Å²) in [5.41, 5.74) is 4.84. The van der Waals surface area contributed by atoms with E-state index in [1.54, 1.807) is 18.3 Å². The number of fused-ring (bicyclic) bond motifs is 1. The third kappa shape index (κ3) is 5.20. The second kappa shape index (κ2) is 10.1. The Bertz CT molecular complexity index is 1100. The Morgan fingerprint density at radius 3 is 2.69 bits per heavy atom. The number of aromatic nitrogens is 2. The van der Waals surface area contributed by atoms with Crippen LogP contribution < -0.4 is 20.4 Å². The van der Waals surface area contributed by atoms with Gasteiger partial charge in [0.2, 0.25) is 11.8 Å². The van der Waals surface area contributed by atoms with Crippen molar-refractivity contribution >= 4 is 23.2 Å². The van der Waals surface area contributed by atoms with Gasteiger partial charge in [0.25, 0.3) is 11.8 Å². The summed E-state index contributed by atoms with van der Waals surface area (Å²) < 4.78 is 20.4. The summed E-state index contributed by atoms with van der Waals surface area (Å²) in [6.45, 7) is 6.90. The monoisotopic (exact) mass is 483 g/mol. The summed E-state index contributed by atoms with van der Waals surface area (Å²) in [5, 5.41) is 4.72. The van der Waals surface area contributed by atoms with E-state index in [4.69, 9.17) is 4.74 Å². The van der Waals surface area contributed by atoms with E-state index in [1.807, 2.05) is 22.9 Å². The summed E-state index contributed by atoms with van der Waals surface area (Å²) >= 11 is 0. The minimum absolute atomic E-state index is 0.0815. The molecule has 1 unspecified atom stereocenters. The van der Waals surface area contributed by atoms with E-state index in [2.05, 4.69) is 25.6 Å². The largest absolute Gasteiger partial charge is 0.463 e. The summed E-state index contributed by atoms with van der Waals surface area (Å²) in [5.74, 6) is -0.714. The second-order valence-corrected chi connectivity index (χ2v) is 9.10. The Morgan fingerprint density at radius 1 is 1.20 bits per heavy atom. The molecule has 2 aromatic rings. The van der Waals surface area contributed by atoms with Crippen LogP contribution in [0.1, 0.15) is 42.2 Å². The Labute approximate surface area is 203 Å². The highest BCUT2D eigenvalue weighted by Crippen LogP contribution is 2.29.